The molecule has 7 nitrogen and oxygen atoms in total. The molecule has 152 valence electrons. The number of aromatic nitrogens is 4. The second-order valence-corrected chi connectivity index (χ2v) is 8.00. The molecule has 31 heavy (non-hydrogen) atoms. The van der Waals surface area contributed by atoms with Gasteiger partial charge >= 0.3 is 0 Å². The molecule has 2 N–H and O–H groups in total. The molecule has 6 rings (SSSR count). The van der Waals surface area contributed by atoms with E-state index in [0.717, 1.165) is 27.3 Å². The van der Waals surface area contributed by atoms with Crippen molar-refractivity contribution in [2.24, 2.45) is 0 Å². The van der Waals surface area contributed by atoms with Crippen molar-refractivity contribution in [2.75, 3.05) is 0 Å². The molecule has 0 aliphatic heterocycles. The van der Waals surface area contributed by atoms with Crippen molar-refractivity contribution >= 4 is 44.0 Å². The van der Waals surface area contributed by atoms with Crippen LogP contribution in [0.25, 0.3) is 55.1 Å². The standard InChI is InChI=1S/C24H18N4O3/c1-12(2)28-23-17(11-25-28)20(16-9-13-5-3-4-6-18(13)26-24(16)30)22-21(27-23)15-8-7-14(29)10-19(15)31-22/h3-12,25H,1-2H3,(H,26,30). The first kappa shape index (κ1) is 17.7. The minimum atomic E-state index is -0.213. The van der Waals surface area contributed by atoms with E-state index in [1.807, 2.05) is 41.2 Å². The van der Waals surface area contributed by atoms with E-state index in [4.69, 9.17) is 9.40 Å². The number of nitrogens with zero attached hydrogens (tertiary/aromatic N) is 2. The number of furan rings is 1. The Morgan fingerprint density at radius 2 is 1.87 bits per heavy atom. The summed E-state index contributed by atoms with van der Waals surface area (Å²) in [5, 5.41) is 5.69. The normalized spacial score (nSPS) is 12.1. The molecule has 7 heteroatoms. The molecule has 2 aromatic carbocycles. The molecule has 0 bridgehead atoms. The number of nitrogens with one attached hydrogen (secondary N) is 2. The van der Waals surface area contributed by atoms with Gasteiger partial charge in [0, 0.05) is 40.2 Å². The number of hydrogen-bond donors (Lipinski definition) is 2. The van der Waals surface area contributed by atoms with E-state index in [2.05, 4.69) is 23.9 Å². The maximum absolute atomic E-state index is 13.1. The predicted octanol–water partition coefficient (Wildman–Crippen LogP) is 4.71. The van der Waals surface area contributed by atoms with E-state index in [1.54, 1.807) is 6.07 Å². The van der Waals surface area contributed by atoms with Crippen molar-refractivity contribution in [1.29, 1.82) is 0 Å². The highest BCUT2D eigenvalue weighted by atomic mass is 16.3. The Balaban J connectivity index is 1.85. The first-order valence-electron chi connectivity index (χ1n) is 10.1. The van der Waals surface area contributed by atoms with Gasteiger partial charge in [-0.05, 0) is 43.5 Å². The van der Waals surface area contributed by atoms with Crippen LogP contribution in [-0.2, 0) is 0 Å². The number of H-pyrrole nitrogens is 2. The lowest BCUT2D eigenvalue weighted by atomic mass is 10.0. The highest BCUT2D eigenvalue weighted by molar-refractivity contribution is 6.14. The van der Waals surface area contributed by atoms with E-state index >= 15 is 0 Å². The van der Waals surface area contributed by atoms with Crippen molar-refractivity contribution in [3.63, 3.8) is 0 Å². The van der Waals surface area contributed by atoms with Gasteiger partial charge in [0.1, 0.15) is 11.1 Å². The molecular formula is C24H18N4O3. The van der Waals surface area contributed by atoms with E-state index in [-0.39, 0.29) is 17.0 Å². The van der Waals surface area contributed by atoms with Crippen LogP contribution in [0.1, 0.15) is 19.9 Å². The van der Waals surface area contributed by atoms with Gasteiger partial charge in [-0.1, -0.05) is 18.2 Å². The number of fused-ring (bicyclic) bond motifs is 5. The van der Waals surface area contributed by atoms with Crippen LogP contribution < -0.4 is 11.0 Å². The van der Waals surface area contributed by atoms with Crippen molar-refractivity contribution in [1.82, 2.24) is 19.7 Å². The highest BCUT2D eigenvalue weighted by Gasteiger charge is 2.22. The van der Waals surface area contributed by atoms with Crippen LogP contribution in [0.3, 0.4) is 0 Å². The number of hydrogen-bond acceptors (Lipinski definition) is 4. The molecule has 0 aliphatic rings. The summed E-state index contributed by atoms with van der Waals surface area (Å²) in [5.74, 6) is 0. The quantitative estimate of drug-likeness (QED) is 0.432. The molecule has 0 radical (unpaired) electrons. The molecule has 0 unspecified atom stereocenters. The van der Waals surface area contributed by atoms with E-state index in [1.165, 1.54) is 12.1 Å². The van der Waals surface area contributed by atoms with Gasteiger partial charge in [0.05, 0.1) is 5.56 Å². The summed E-state index contributed by atoms with van der Waals surface area (Å²) in [4.78, 5) is 32.9. The third-order valence-electron chi connectivity index (χ3n) is 5.71. The van der Waals surface area contributed by atoms with Gasteiger partial charge in [-0.25, -0.2) is 4.98 Å². The van der Waals surface area contributed by atoms with E-state index in [0.29, 0.717) is 27.8 Å². The minimum Gasteiger partial charge on any atom is -0.454 e. The molecule has 0 atom stereocenters. The summed E-state index contributed by atoms with van der Waals surface area (Å²) >= 11 is 0. The van der Waals surface area contributed by atoms with Crippen LogP contribution in [0, 0.1) is 0 Å². The molecule has 0 saturated carbocycles. The fraction of sp³-hybridized carbons (Fsp3) is 0.125. The molecule has 0 amide bonds. The van der Waals surface area contributed by atoms with Crippen LogP contribution in [0.2, 0.25) is 0 Å². The molecule has 4 aromatic heterocycles. The molecule has 4 heterocycles. The Bertz CT molecular complexity index is 1770. The SMILES string of the molecule is CC(C)n1[nH]cc2c(-c3cc4ccccc4[nH]c3=O)c3oc4cc(=O)ccc4c3nc21. The third-order valence-corrected chi connectivity index (χ3v) is 5.71. The monoisotopic (exact) mass is 410 g/mol. The Kier molecular flexibility index (Phi) is 3.53. The summed E-state index contributed by atoms with van der Waals surface area (Å²) in [5.41, 5.74) is 3.86. The van der Waals surface area contributed by atoms with Crippen molar-refractivity contribution in [3.8, 4) is 11.1 Å². The second-order valence-electron chi connectivity index (χ2n) is 8.00. The molecule has 0 aliphatic carbocycles. The van der Waals surface area contributed by atoms with E-state index in [9.17, 15) is 9.59 Å². The van der Waals surface area contributed by atoms with Crippen LogP contribution in [0.5, 0.6) is 0 Å². The zero-order valence-corrected chi connectivity index (χ0v) is 16.9. The topological polar surface area (TPSA) is 96.7 Å². The first-order valence-corrected chi connectivity index (χ1v) is 10.1. The first-order chi connectivity index (χ1) is 15.0. The van der Waals surface area contributed by atoms with Crippen LogP contribution in [0.15, 0.2) is 68.7 Å². The third kappa shape index (κ3) is 2.49. The van der Waals surface area contributed by atoms with Gasteiger partial charge in [0.15, 0.2) is 16.7 Å². The molecule has 0 fully saturated rings. The fourth-order valence-corrected chi connectivity index (χ4v) is 4.25. The Hall–Kier alpha value is -4.13. The zero-order chi connectivity index (χ0) is 21.3. The fourth-order valence-electron chi connectivity index (χ4n) is 4.25. The van der Waals surface area contributed by atoms with Gasteiger partial charge in [-0.2, -0.15) is 0 Å². The summed E-state index contributed by atoms with van der Waals surface area (Å²) in [6.45, 7) is 4.11. The summed E-state index contributed by atoms with van der Waals surface area (Å²) in [6.07, 6.45) is 1.85. The van der Waals surface area contributed by atoms with Gasteiger partial charge in [0.25, 0.3) is 5.56 Å². The average Bonchev–Trinajstić information content (AvgIpc) is 3.32. The average molecular weight is 410 g/mol. The second kappa shape index (κ2) is 6.18. The van der Waals surface area contributed by atoms with Crippen LogP contribution in [0.4, 0.5) is 0 Å². The van der Waals surface area contributed by atoms with Crippen molar-refractivity contribution in [3.05, 3.63) is 75.3 Å². The molecular weight excluding hydrogens is 392 g/mol. The maximum Gasteiger partial charge on any atom is 0.256 e. The lowest BCUT2D eigenvalue weighted by Crippen LogP contribution is -2.09. The lowest BCUT2D eigenvalue weighted by Gasteiger charge is -2.10. The Morgan fingerprint density at radius 1 is 1.03 bits per heavy atom. The summed E-state index contributed by atoms with van der Waals surface area (Å²) in [6, 6.07) is 14.3. The maximum atomic E-state index is 13.1. The number of pyridine rings is 2. The summed E-state index contributed by atoms with van der Waals surface area (Å²) in [7, 11) is 0. The number of rotatable bonds is 2. The van der Waals surface area contributed by atoms with Gasteiger partial charge in [0.2, 0.25) is 0 Å². The Labute approximate surface area is 174 Å². The van der Waals surface area contributed by atoms with Gasteiger partial charge in [-0.15, -0.1) is 0 Å². The zero-order valence-electron chi connectivity index (χ0n) is 16.9. The number of para-hydroxylation sites is 1. The largest absolute Gasteiger partial charge is 0.454 e. The minimum absolute atomic E-state index is 0.136. The molecule has 0 saturated heterocycles. The van der Waals surface area contributed by atoms with Crippen LogP contribution >= 0.6 is 0 Å². The van der Waals surface area contributed by atoms with Gasteiger partial charge < -0.3 is 14.5 Å². The van der Waals surface area contributed by atoms with Crippen LogP contribution in [-0.4, -0.2) is 19.7 Å². The lowest BCUT2D eigenvalue weighted by molar-refractivity contribution is 0.547. The smallest absolute Gasteiger partial charge is 0.256 e. The predicted molar refractivity (Wildman–Crippen MR) is 122 cm³/mol. The molecule has 0 spiro atoms. The Morgan fingerprint density at radius 3 is 2.71 bits per heavy atom. The van der Waals surface area contributed by atoms with Crippen molar-refractivity contribution in [2.45, 2.75) is 19.9 Å². The van der Waals surface area contributed by atoms with Crippen molar-refractivity contribution < 1.29 is 4.42 Å². The molecule has 6 aromatic rings. The number of benzene rings is 2. The van der Waals surface area contributed by atoms with E-state index < -0.39 is 0 Å². The number of aromatic amines is 2. The highest BCUT2D eigenvalue weighted by Crippen LogP contribution is 2.38. The van der Waals surface area contributed by atoms with Gasteiger partial charge in [-0.3, -0.25) is 14.3 Å². The summed E-state index contributed by atoms with van der Waals surface area (Å²) < 4.78 is 8.08.